The van der Waals surface area contributed by atoms with E-state index < -0.39 is 0 Å². The summed E-state index contributed by atoms with van der Waals surface area (Å²) in [4.78, 5) is 25.4. The van der Waals surface area contributed by atoms with Gasteiger partial charge < -0.3 is 0 Å². The van der Waals surface area contributed by atoms with E-state index in [1.54, 1.807) is 0 Å². The average molecular weight is 631 g/mol. The molecule has 36 heavy (non-hydrogen) atoms. The van der Waals surface area contributed by atoms with E-state index in [1.165, 1.54) is 56.6 Å². The van der Waals surface area contributed by atoms with Crippen LogP contribution in [-0.4, -0.2) is 53.9 Å². The lowest BCUT2D eigenvalue weighted by Gasteiger charge is -2.10. The molecule has 0 saturated heterocycles. The van der Waals surface area contributed by atoms with E-state index in [2.05, 4.69) is 48.2 Å². The Bertz CT molecular complexity index is 901. The standard InChI is InChI=1S/C26H30O2S8/c1-3-23(27)31-13-21-15-33-25(35-21)17-29-10-8-19-6-5-7-20(12-19)9-11-30-18-26-34-16-22(36-26)14-32-24(28)4-2/h3-7,12,15-16,25-26H,1-2,8-11,13-14,17-18H2. The van der Waals surface area contributed by atoms with Crippen molar-refractivity contribution >= 4 is 104 Å². The van der Waals surface area contributed by atoms with Gasteiger partial charge in [-0.2, -0.15) is 23.5 Å². The Morgan fingerprint density at radius 1 is 0.806 bits per heavy atom. The first-order valence-corrected chi connectivity index (χ1v) is 19.3. The molecule has 0 fully saturated rings. The third-order valence-electron chi connectivity index (χ3n) is 4.88. The molecule has 1 aromatic carbocycles. The highest BCUT2D eigenvalue weighted by Gasteiger charge is 2.20. The Morgan fingerprint density at radius 2 is 1.28 bits per heavy atom. The van der Waals surface area contributed by atoms with Crippen molar-refractivity contribution in [3.63, 3.8) is 0 Å². The summed E-state index contributed by atoms with van der Waals surface area (Å²) < 4.78 is 1.12. The maximum absolute atomic E-state index is 11.4. The smallest absolute Gasteiger partial charge is 0.211 e. The Balaban J connectivity index is 1.24. The lowest BCUT2D eigenvalue weighted by Crippen LogP contribution is -2.01. The van der Waals surface area contributed by atoms with Crippen LogP contribution < -0.4 is 0 Å². The third-order valence-corrected chi connectivity index (χ3v) is 15.3. The number of benzene rings is 1. The lowest BCUT2D eigenvalue weighted by molar-refractivity contribution is -0.107. The Hall–Kier alpha value is 0.320. The molecule has 2 aliphatic rings. The molecule has 0 aliphatic carbocycles. The van der Waals surface area contributed by atoms with Crippen LogP contribution in [0.25, 0.3) is 0 Å². The van der Waals surface area contributed by atoms with Crippen LogP contribution in [0.15, 0.2) is 70.2 Å². The van der Waals surface area contributed by atoms with Crippen LogP contribution in [0.1, 0.15) is 11.1 Å². The van der Waals surface area contributed by atoms with Gasteiger partial charge in [0.05, 0.1) is 9.16 Å². The van der Waals surface area contributed by atoms with Gasteiger partial charge in [-0.25, -0.2) is 0 Å². The van der Waals surface area contributed by atoms with Gasteiger partial charge in [0.1, 0.15) is 0 Å². The summed E-state index contributed by atoms with van der Waals surface area (Å²) in [6, 6.07) is 9.07. The van der Waals surface area contributed by atoms with Crippen LogP contribution in [-0.2, 0) is 22.4 Å². The second-order valence-corrected chi connectivity index (χ2v) is 17.3. The van der Waals surface area contributed by atoms with Crippen molar-refractivity contribution in [2.24, 2.45) is 0 Å². The van der Waals surface area contributed by atoms with Crippen LogP contribution in [0.3, 0.4) is 0 Å². The van der Waals surface area contributed by atoms with Crippen molar-refractivity contribution in [2.45, 2.75) is 22.0 Å². The molecule has 0 radical (unpaired) electrons. The second kappa shape index (κ2) is 17.8. The first-order chi connectivity index (χ1) is 17.6. The van der Waals surface area contributed by atoms with Gasteiger partial charge in [-0.05, 0) is 58.4 Å². The van der Waals surface area contributed by atoms with E-state index in [1.807, 2.05) is 70.6 Å². The van der Waals surface area contributed by atoms with Gasteiger partial charge in [0.25, 0.3) is 0 Å². The van der Waals surface area contributed by atoms with E-state index in [9.17, 15) is 9.59 Å². The van der Waals surface area contributed by atoms with Gasteiger partial charge in [0.15, 0.2) is 0 Å². The fraction of sp³-hybridized carbons (Fsp3) is 0.385. The summed E-state index contributed by atoms with van der Waals surface area (Å²) in [5.41, 5.74) is 2.86. The monoisotopic (exact) mass is 630 g/mol. The highest BCUT2D eigenvalue weighted by atomic mass is 32.2. The molecule has 0 aromatic heterocycles. The zero-order valence-corrected chi connectivity index (χ0v) is 26.5. The van der Waals surface area contributed by atoms with E-state index in [0.29, 0.717) is 9.16 Å². The van der Waals surface area contributed by atoms with Crippen LogP contribution in [0.5, 0.6) is 0 Å². The van der Waals surface area contributed by atoms with Gasteiger partial charge in [-0.3, -0.25) is 9.59 Å². The largest absolute Gasteiger partial charge is 0.282 e. The molecule has 2 aliphatic heterocycles. The maximum atomic E-state index is 11.4. The molecule has 0 N–H and O–H groups in total. The molecule has 0 spiro atoms. The minimum atomic E-state index is 0.0484. The number of aryl methyl sites for hydroxylation is 2. The Labute approximate surface area is 249 Å². The SMILES string of the molecule is C=CC(=O)SCC1=CSC(CSCCc2cccc(CCSCC3SC=C(CSC(=O)C=C)S3)c2)S1. The molecule has 0 saturated carbocycles. The molecular weight excluding hydrogens is 601 g/mol. The van der Waals surface area contributed by atoms with Crippen LogP contribution >= 0.6 is 94.1 Å². The van der Waals surface area contributed by atoms with Crippen molar-refractivity contribution < 1.29 is 9.59 Å². The summed E-state index contributed by atoms with van der Waals surface area (Å²) in [5, 5.41) is 4.53. The third kappa shape index (κ3) is 12.0. The van der Waals surface area contributed by atoms with Crippen molar-refractivity contribution in [1.29, 1.82) is 0 Å². The minimum absolute atomic E-state index is 0.0484. The lowest BCUT2D eigenvalue weighted by atomic mass is 10.1. The first kappa shape index (κ1) is 30.9. The van der Waals surface area contributed by atoms with Crippen molar-refractivity contribution in [3.05, 3.63) is 81.3 Å². The summed E-state index contributed by atoms with van der Waals surface area (Å²) >= 11 is 14.3. The van der Waals surface area contributed by atoms with E-state index in [4.69, 9.17) is 0 Å². The topological polar surface area (TPSA) is 34.1 Å². The van der Waals surface area contributed by atoms with Gasteiger partial charge in [-0.15, -0.1) is 47.0 Å². The highest BCUT2D eigenvalue weighted by molar-refractivity contribution is 8.25. The van der Waals surface area contributed by atoms with Crippen molar-refractivity contribution in [2.75, 3.05) is 34.5 Å². The van der Waals surface area contributed by atoms with Crippen molar-refractivity contribution in [3.8, 4) is 0 Å². The van der Waals surface area contributed by atoms with E-state index >= 15 is 0 Å². The quantitative estimate of drug-likeness (QED) is 0.131. The minimum Gasteiger partial charge on any atom is -0.282 e. The molecule has 2 nitrogen and oxygen atoms in total. The highest BCUT2D eigenvalue weighted by Crippen LogP contribution is 2.43. The molecular formula is C26H30O2S8. The van der Waals surface area contributed by atoms with Gasteiger partial charge >= 0.3 is 0 Å². The molecule has 1 aromatic rings. The molecule has 2 unspecified atom stereocenters. The van der Waals surface area contributed by atoms with E-state index in [-0.39, 0.29) is 10.2 Å². The number of carbonyl (C=O) groups excluding carboxylic acids is 2. The maximum Gasteiger partial charge on any atom is 0.211 e. The molecule has 2 atom stereocenters. The normalized spacial score (nSPS) is 19.1. The van der Waals surface area contributed by atoms with Crippen LogP contribution in [0.2, 0.25) is 0 Å². The summed E-state index contributed by atoms with van der Waals surface area (Å²) in [6.07, 6.45) is 4.99. The Kier molecular flexibility index (Phi) is 15.3. The summed E-state index contributed by atoms with van der Waals surface area (Å²) in [6.45, 7) is 7.06. The number of rotatable bonds is 16. The predicted molar refractivity (Wildman–Crippen MR) is 178 cm³/mol. The average Bonchev–Trinajstić information content (AvgIpc) is 3.56. The first-order valence-electron chi connectivity index (χ1n) is 11.4. The zero-order chi connectivity index (χ0) is 25.6. The molecule has 10 heteroatoms. The molecule has 0 bridgehead atoms. The zero-order valence-electron chi connectivity index (χ0n) is 19.9. The summed E-state index contributed by atoms with van der Waals surface area (Å²) in [7, 11) is 0. The second-order valence-electron chi connectivity index (χ2n) is 7.63. The fourth-order valence-corrected chi connectivity index (χ4v) is 12.7. The van der Waals surface area contributed by atoms with E-state index in [0.717, 1.165) is 47.4 Å². The summed E-state index contributed by atoms with van der Waals surface area (Å²) in [5.74, 6) is 6.06. The van der Waals surface area contributed by atoms with Crippen LogP contribution in [0, 0.1) is 0 Å². The molecule has 2 heterocycles. The van der Waals surface area contributed by atoms with Crippen LogP contribution in [0.4, 0.5) is 0 Å². The fourth-order valence-electron chi connectivity index (χ4n) is 3.12. The molecule has 0 amide bonds. The molecule has 3 rings (SSSR count). The van der Waals surface area contributed by atoms with Gasteiger partial charge in [0, 0.05) is 32.8 Å². The van der Waals surface area contributed by atoms with Gasteiger partial charge in [-0.1, -0.05) is 60.9 Å². The Morgan fingerprint density at radius 3 is 1.72 bits per heavy atom. The molecule has 194 valence electrons. The van der Waals surface area contributed by atoms with Gasteiger partial charge in [0.2, 0.25) is 10.2 Å². The number of hydrogen-bond acceptors (Lipinski definition) is 10. The predicted octanol–water partition coefficient (Wildman–Crippen LogP) is 8.42. The number of hydrogen-bond donors (Lipinski definition) is 0. The van der Waals surface area contributed by atoms with Crippen molar-refractivity contribution in [1.82, 2.24) is 0 Å². The number of carbonyl (C=O) groups is 2. The number of thioether (sulfide) groups is 8.